The zero-order valence-corrected chi connectivity index (χ0v) is 12.7. The first-order valence-corrected chi connectivity index (χ1v) is 7.35. The predicted octanol–water partition coefficient (Wildman–Crippen LogP) is 1.91. The van der Waals surface area contributed by atoms with E-state index in [1.54, 1.807) is 0 Å². The molecule has 3 N–H and O–H groups in total. The van der Waals surface area contributed by atoms with Gasteiger partial charge in [-0.15, -0.1) is 0 Å². The van der Waals surface area contributed by atoms with Crippen LogP contribution in [0, 0.1) is 12.3 Å². The van der Waals surface area contributed by atoms with Gasteiger partial charge in [-0.25, -0.2) is 0 Å². The van der Waals surface area contributed by atoms with Crippen molar-refractivity contribution in [1.82, 2.24) is 9.78 Å². The van der Waals surface area contributed by atoms with E-state index in [1.807, 2.05) is 18.7 Å². The van der Waals surface area contributed by atoms with Gasteiger partial charge in [0.25, 0.3) is 0 Å². The molecule has 1 aliphatic rings. The molecule has 1 heterocycles. The SMILES string of the molecule is Cc1nn(C)c(CC2(CN)CCCCC2O)c1Br. The topological polar surface area (TPSA) is 64.1 Å². The van der Waals surface area contributed by atoms with Gasteiger partial charge in [-0.2, -0.15) is 5.10 Å². The van der Waals surface area contributed by atoms with Gasteiger partial charge in [0, 0.05) is 19.0 Å². The highest BCUT2D eigenvalue weighted by Gasteiger charge is 2.40. The first-order chi connectivity index (χ1) is 8.50. The molecule has 1 fully saturated rings. The summed E-state index contributed by atoms with van der Waals surface area (Å²) in [6, 6.07) is 0. The number of nitrogens with zero attached hydrogens (tertiary/aromatic N) is 2. The molecule has 2 rings (SSSR count). The fourth-order valence-electron chi connectivity index (χ4n) is 3.01. The molecule has 0 amide bonds. The Bertz CT molecular complexity index is 432. The van der Waals surface area contributed by atoms with Crippen LogP contribution in [0.5, 0.6) is 0 Å². The summed E-state index contributed by atoms with van der Waals surface area (Å²) in [4.78, 5) is 0. The quantitative estimate of drug-likeness (QED) is 0.895. The molecular formula is C13H22BrN3O. The number of rotatable bonds is 3. The first kappa shape index (κ1) is 14.0. The van der Waals surface area contributed by atoms with Crippen molar-refractivity contribution in [1.29, 1.82) is 0 Å². The van der Waals surface area contributed by atoms with Crippen molar-refractivity contribution in [3.63, 3.8) is 0 Å². The number of hydrogen-bond acceptors (Lipinski definition) is 3. The minimum absolute atomic E-state index is 0.180. The molecule has 0 bridgehead atoms. The Morgan fingerprint density at radius 2 is 2.28 bits per heavy atom. The molecule has 2 atom stereocenters. The second-order valence-corrected chi connectivity index (χ2v) is 6.27. The fourth-order valence-corrected chi connectivity index (χ4v) is 3.49. The van der Waals surface area contributed by atoms with Gasteiger partial charge < -0.3 is 10.8 Å². The number of halogens is 1. The van der Waals surface area contributed by atoms with Crippen LogP contribution < -0.4 is 5.73 Å². The number of aliphatic hydroxyl groups is 1. The first-order valence-electron chi connectivity index (χ1n) is 6.56. The van der Waals surface area contributed by atoms with E-state index in [0.29, 0.717) is 6.54 Å². The Balaban J connectivity index is 2.29. The third-order valence-corrected chi connectivity index (χ3v) is 5.33. The molecular weight excluding hydrogens is 294 g/mol. The summed E-state index contributed by atoms with van der Waals surface area (Å²) in [5.74, 6) is 0. The Morgan fingerprint density at radius 3 is 2.78 bits per heavy atom. The standard InChI is InChI=1S/C13H22BrN3O/c1-9-12(14)10(17(2)16-9)7-13(8-15)6-4-3-5-11(13)18/h11,18H,3-8,15H2,1-2H3. The van der Waals surface area contributed by atoms with E-state index in [1.165, 1.54) is 0 Å². The molecule has 1 saturated carbocycles. The Hall–Kier alpha value is -0.390. The molecule has 102 valence electrons. The van der Waals surface area contributed by atoms with Crippen molar-refractivity contribution in [2.45, 2.75) is 45.1 Å². The van der Waals surface area contributed by atoms with Gasteiger partial charge in [-0.1, -0.05) is 12.8 Å². The van der Waals surface area contributed by atoms with Gasteiger partial charge in [0.2, 0.25) is 0 Å². The predicted molar refractivity (Wildman–Crippen MR) is 75.3 cm³/mol. The highest BCUT2D eigenvalue weighted by molar-refractivity contribution is 9.10. The van der Waals surface area contributed by atoms with E-state index in [-0.39, 0.29) is 11.5 Å². The summed E-state index contributed by atoms with van der Waals surface area (Å²) in [5, 5.41) is 14.8. The minimum atomic E-state index is -0.293. The van der Waals surface area contributed by atoms with Crippen molar-refractivity contribution in [3.05, 3.63) is 15.9 Å². The maximum Gasteiger partial charge on any atom is 0.0738 e. The lowest BCUT2D eigenvalue weighted by atomic mass is 9.69. The molecule has 1 aliphatic carbocycles. The molecule has 1 aromatic heterocycles. The third-order valence-electron chi connectivity index (χ3n) is 4.30. The number of aliphatic hydroxyl groups excluding tert-OH is 1. The van der Waals surface area contributed by atoms with E-state index in [9.17, 15) is 5.11 Å². The van der Waals surface area contributed by atoms with Gasteiger partial charge >= 0.3 is 0 Å². The largest absolute Gasteiger partial charge is 0.392 e. The van der Waals surface area contributed by atoms with E-state index in [2.05, 4.69) is 21.0 Å². The minimum Gasteiger partial charge on any atom is -0.392 e. The highest BCUT2D eigenvalue weighted by atomic mass is 79.9. The van der Waals surface area contributed by atoms with Gasteiger partial charge in [0.15, 0.2) is 0 Å². The molecule has 5 heteroatoms. The van der Waals surface area contributed by atoms with Crippen LogP contribution >= 0.6 is 15.9 Å². The second-order valence-electron chi connectivity index (χ2n) is 5.47. The average molecular weight is 316 g/mol. The van der Waals surface area contributed by atoms with Crippen LogP contribution in [-0.4, -0.2) is 27.5 Å². The number of aromatic nitrogens is 2. The molecule has 0 saturated heterocycles. The Morgan fingerprint density at radius 1 is 1.56 bits per heavy atom. The Kier molecular flexibility index (Phi) is 4.14. The van der Waals surface area contributed by atoms with Crippen LogP contribution in [0.2, 0.25) is 0 Å². The van der Waals surface area contributed by atoms with Crippen molar-refractivity contribution < 1.29 is 5.11 Å². The maximum atomic E-state index is 10.3. The summed E-state index contributed by atoms with van der Waals surface area (Å²) in [6.07, 6.45) is 4.63. The molecule has 0 spiro atoms. The van der Waals surface area contributed by atoms with E-state index in [0.717, 1.165) is 48.0 Å². The van der Waals surface area contributed by atoms with Crippen LogP contribution in [0.25, 0.3) is 0 Å². The lowest BCUT2D eigenvalue weighted by Crippen LogP contribution is -2.46. The Labute approximate surface area is 117 Å². The summed E-state index contributed by atoms with van der Waals surface area (Å²) >= 11 is 3.60. The molecule has 0 radical (unpaired) electrons. The fraction of sp³-hybridized carbons (Fsp3) is 0.769. The average Bonchev–Trinajstić information content (AvgIpc) is 2.59. The van der Waals surface area contributed by atoms with E-state index >= 15 is 0 Å². The number of nitrogens with two attached hydrogens (primary N) is 1. The lowest BCUT2D eigenvalue weighted by molar-refractivity contribution is -0.00705. The zero-order chi connectivity index (χ0) is 13.3. The normalized spacial score (nSPS) is 28.6. The van der Waals surface area contributed by atoms with Gasteiger partial charge in [0.05, 0.1) is 22.0 Å². The molecule has 0 aromatic carbocycles. The highest BCUT2D eigenvalue weighted by Crippen LogP contribution is 2.40. The lowest BCUT2D eigenvalue weighted by Gasteiger charge is -2.40. The summed E-state index contributed by atoms with van der Waals surface area (Å²) in [5.41, 5.74) is 7.93. The van der Waals surface area contributed by atoms with Gasteiger partial charge in [-0.05, 0) is 42.1 Å². The van der Waals surface area contributed by atoms with Crippen molar-refractivity contribution in [2.75, 3.05) is 6.54 Å². The zero-order valence-electron chi connectivity index (χ0n) is 11.1. The number of hydrogen-bond donors (Lipinski definition) is 2. The van der Waals surface area contributed by atoms with Crippen LogP contribution in [0.4, 0.5) is 0 Å². The summed E-state index contributed by atoms with van der Waals surface area (Å²) in [7, 11) is 1.95. The van der Waals surface area contributed by atoms with Crippen molar-refractivity contribution in [2.24, 2.45) is 18.2 Å². The molecule has 4 nitrogen and oxygen atoms in total. The molecule has 1 aromatic rings. The van der Waals surface area contributed by atoms with Crippen LogP contribution in [0.1, 0.15) is 37.1 Å². The van der Waals surface area contributed by atoms with Crippen molar-refractivity contribution in [3.8, 4) is 0 Å². The second kappa shape index (κ2) is 5.31. The molecule has 2 unspecified atom stereocenters. The van der Waals surface area contributed by atoms with E-state index < -0.39 is 0 Å². The monoisotopic (exact) mass is 315 g/mol. The van der Waals surface area contributed by atoms with Gasteiger partial charge in [-0.3, -0.25) is 4.68 Å². The smallest absolute Gasteiger partial charge is 0.0738 e. The third kappa shape index (κ3) is 2.36. The van der Waals surface area contributed by atoms with Crippen molar-refractivity contribution >= 4 is 15.9 Å². The molecule has 18 heavy (non-hydrogen) atoms. The summed E-state index contributed by atoms with van der Waals surface area (Å²) < 4.78 is 2.95. The van der Waals surface area contributed by atoms with E-state index in [4.69, 9.17) is 5.73 Å². The van der Waals surface area contributed by atoms with Crippen LogP contribution in [0.15, 0.2) is 4.47 Å². The van der Waals surface area contributed by atoms with Crippen LogP contribution in [-0.2, 0) is 13.5 Å². The van der Waals surface area contributed by atoms with Gasteiger partial charge in [0.1, 0.15) is 0 Å². The number of aryl methyl sites for hydroxylation is 2. The van der Waals surface area contributed by atoms with Crippen LogP contribution in [0.3, 0.4) is 0 Å². The maximum absolute atomic E-state index is 10.3. The summed E-state index contributed by atoms with van der Waals surface area (Å²) in [6.45, 7) is 2.52. The molecule has 0 aliphatic heterocycles.